The molecule has 0 radical (unpaired) electrons. The van der Waals surface area contributed by atoms with Crippen LogP contribution in [0.15, 0.2) is 30.3 Å². The molecule has 20 heavy (non-hydrogen) atoms. The van der Waals surface area contributed by atoms with Gasteiger partial charge in [0.25, 0.3) is 0 Å². The van der Waals surface area contributed by atoms with E-state index in [4.69, 9.17) is 4.98 Å². The number of nitrogens with zero attached hydrogens (tertiary/aromatic N) is 2. The van der Waals surface area contributed by atoms with Crippen LogP contribution in [-0.2, 0) is 6.61 Å². The number of benzene rings is 1. The minimum atomic E-state index is 0.0557. The largest absolute Gasteiger partial charge is 0.392 e. The Morgan fingerprint density at radius 3 is 2.95 bits per heavy atom. The first-order valence-corrected chi connectivity index (χ1v) is 7.59. The third-order valence-corrected chi connectivity index (χ3v) is 4.32. The highest BCUT2D eigenvalue weighted by molar-refractivity contribution is 5.81. The normalized spacial score (nSPS) is 19.5. The number of fused-ring (bicyclic) bond motifs is 1. The molecule has 3 nitrogen and oxygen atoms in total. The van der Waals surface area contributed by atoms with Gasteiger partial charge in [-0.1, -0.05) is 25.1 Å². The molecule has 1 aliphatic heterocycles. The summed E-state index contributed by atoms with van der Waals surface area (Å²) >= 11 is 0. The van der Waals surface area contributed by atoms with Crippen molar-refractivity contribution in [3.8, 4) is 0 Å². The molecule has 1 atom stereocenters. The topological polar surface area (TPSA) is 36.4 Å². The lowest BCUT2D eigenvalue weighted by molar-refractivity contribution is 0.281. The summed E-state index contributed by atoms with van der Waals surface area (Å²) in [6.45, 7) is 3.35. The van der Waals surface area contributed by atoms with Crippen molar-refractivity contribution in [2.45, 2.75) is 45.3 Å². The van der Waals surface area contributed by atoms with E-state index in [-0.39, 0.29) is 6.61 Å². The maximum absolute atomic E-state index is 9.70. The molecule has 2 heterocycles. The van der Waals surface area contributed by atoms with Crippen LogP contribution in [0.3, 0.4) is 0 Å². The minimum absolute atomic E-state index is 0.0557. The number of hydrogen-bond donors (Lipinski definition) is 1. The molecule has 1 N–H and O–H groups in total. The van der Waals surface area contributed by atoms with Crippen LogP contribution in [0, 0.1) is 0 Å². The Bertz CT molecular complexity index is 597. The van der Waals surface area contributed by atoms with Gasteiger partial charge in [-0.15, -0.1) is 0 Å². The van der Waals surface area contributed by atoms with Crippen LogP contribution in [0.1, 0.15) is 38.2 Å². The maximum atomic E-state index is 9.70. The van der Waals surface area contributed by atoms with Crippen LogP contribution in [0.5, 0.6) is 0 Å². The molecular weight excluding hydrogens is 248 g/mol. The summed E-state index contributed by atoms with van der Waals surface area (Å²) < 4.78 is 0. The van der Waals surface area contributed by atoms with Gasteiger partial charge < -0.3 is 10.0 Å². The molecule has 1 aromatic heterocycles. The molecule has 0 spiro atoms. The molecule has 0 amide bonds. The van der Waals surface area contributed by atoms with Gasteiger partial charge in [0, 0.05) is 23.5 Å². The van der Waals surface area contributed by atoms with E-state index in [0.717, 1.165) is 35.2 Å². The Labute approximate surface area is 120 Å². The van der Waals surface area contributed by atoms with Gasteiger partial charge in [-0.2, -0.15) is 0 Å². The van der Waals surface area contributed by atoms with E-state index in [9.17, 15) is 5.11 Å². The van der Waals surface area contributed by atoms with E-state index in [1.54, 1.807) is 0 Å². The third kappa shape index (κ3) is 2.38. The maximum Gasteiger partial charge on any atom is 0.135 e. The zero-order valence-corrected chi connectivity index (χ0v) is 12.0. The number of hydrogen-bond acceptors (Lipinski definition) is 3. The molecule has 3 rings (SSSR count). The van der Waals surface area contributed by atoms with Crippen LogP contribution in [0.4, 0.5) is 5.82 Å². The van der Waals surface area contributed by atoms with Crippen LogP contribution >= 0.6 is 0 Å². The average molecular weight is 270 g/mol. The number of piperidine rings is 1. The van der Waals surface area contributed by atoms with Crippen LogP contribution in [-0.4, -0.2) is 22.7 Å². The quantitative estimate of drug-likeness (QED) is 0.927. The van der Waals surface area contributed by atoms with Gasteiger partial charge in [0.2, 0.25) is 0 Å². The summed E-state index contributed by atoms with van der Waals surface area (Å²) in [7, 11) is 0. The Morgan fingerprint density at radius 2 is 2.15 bits per heavy atom. The van der Waals surface area contributed by atoms with Crippen LogP contribution < -0.4 is 4.90 Å². The Morgan fingerprint density at radius 1 is 1.30 bits per heavy atom. The van der Waals surface area contributed by atoms with Crippen molar-refractivity contribution in [1.29, 1.82) is 0 Å². The average Bonchev–Trinajstić information content (AvgIpc) is 2.53. The second-order valence-electron chi connectivity index (χ2n) is 5.57. The predicted octanol–water partition coefficient (Wildman–Crippen LogP) is 3.50. The predicted molar refractivity (Wildman–Crippen MR) is 82.9 cm³/mol. The van der Waals surface area contributed by atoms with Crippen LogP contribution in [0.2, 0.25) is 0 Å². The molecule has 2 aromatic rings. The number of anilines is 1. The summed E-state index contributed by atoms with van der Waals surface area (Å²) in [6, 6.07) is 10.8. The molecule has 1 aromatic carbocycles. The van der Waals surface area contributed by atoms with E-state index in [1.807, 2.05) is 18.2 Å². The summed E-state index contributed by atoms with van der Waals surface area (Å²) in [4.78, 5) is 7.24. The Kier molecular flexibility index (Phi) is 3.88. The molecule has 0 saturated carbocycles. The third-order valence-electron chi connectivity index (χ3n) is 4.32. The zero-order valence-electron chi connectivity index (χ0n) is 12.0. The lowest BCUT2D eigenvalue weighted by atomic mass is 9.99. The van der Waals surface area contributed by atoms with E-state index in [1.165, 1.54) is 19.3 Å². The number of pyridine rings is 1. The molecular formula is C17H22N2O. The lowest BCUT2D eigenvalue weighted by Crippen LogP contribution is -2.40. The summed E-state index contributed by atoms with van der Waals surface area (Å²) in [5.41, 5.74) is 1.96. The van der Waals surface area contributed by atoms with Gasteiger partial charge in [0.15, 0.2) is 0 Å². The molecule has 1 saturated heterocycles. The second-order valence-corrected chi connectivity index (χ2v) is 5.57. The van der Waals surface area contributed by atoms with Crippen molar-refractivity contribution < 1.29 is 5.11 Å². The zero-order chi connectivity index (χ0) is 13.9. The smallest absolute Gasteiger partial charge is 0.135 e. The first-order chi connectivity index (χ1) is 9.83. The van der Waals surface area contributed by atoms with Crippen molar-refractivity contribution in [1.82, 2.24) is 4.98 Å². The highest BCUT2D eigenvalue weighted by atomic mass is 16.3. The van der Waals surface area contributed by atoms with E-state index >= 15 is 0 Å². The number of aromatic nitrogens is 1. The Hall–Kier alpha value is -1.61. The van der Waals surface area contributed by atoms with E-state index in [0.29, 0.717) is 6.04 Å². The van der Waals surface area contributed by atoms with Gasteiger partial charge in [0.05, 0.1) is 12.1 Å². The standard InChI is InChI=1S/C17H22N2O/c1-2-15-8-5-6-10-19(15)17-14(12-20)11-13-7-3-4-9-16(13)18-17/h3-4,7,9,11,15,20H,2,5-6,8,10,12H2,1H3. The van der Waals surface area contributed by atoms with Gasteiger partial charge in [-0.05, 0) is 37.8 Å². The fourth-order valence-corrected chi connectivity index (χ4v) is 3.22. The molecule has 1 unspecified atom stereocenters. The first kappa shape index (κ1) is 13.4. The van der Waals surface area contributed by atoms with E-state index in [2.05, 4.69) is 24.0 Å². The van der Waals surface area contributed by atoms with Gasteiger partial charge in [-0.3, -0.25) is 0 Å². The monoisotopic (exact) mass is 270 g/mol. The SMILES string of the molecule is CCC1CCCCN1c1nc2ccccc2cc1CO. The highest BCUT2D eigenvalue weighted by Gasteiger charge is 2.24. The van der Waals surface area contributed by atoms with Crippen molar-refractivity contribution in [2.24, 2.45) is 0 Å². The molecule has 1 aliphatic rings. The fourth-order valence-electron chi connectivity index (χ4n) is 3.22. The van der Waals surface area contributed by atoms with Gasteiger partial charge in [0.1, 0.15) is 5.82 Å². The highest BCUT2D eigenvalue weighted by Crippen LogP contribution is 2.30. The van der Waals surface area contributed by atoms with Crippen molar-refractivity contribution in [3.63, 3.8) is 0 Å². The number of rotatable bonds is 3. The minimum Gasteiger partial charge on any atom is -0.392 e. The molecule has 106 valence electrons. The molecule has 3 heteroatoms. The number of aliphatic hydroxyl groups excluding tert-OH is 1. The molecule has 0 bridgehead atoms. The lowest BCUT2D eigenvalue weighted by Gasteiger charge is -2.37. The van der Waals surface area contributed by atoms with Crippen molar-refractivity contribution in [3.05, 3.63) is 35.9 Å². The second kappa shape index (κ2) is 5.80. The van der Waals surface area contributed by atoms with Crippen molar-refractivity contribution >= 4 is 16.7 Å². The molecule has 0 aliphatic carbocycles. The Balaban J connectivity index is 2.08. The van der Waals surface area contributed by atoms with Gasteiger partial charge >= 0.3 is 0 Å². The fraction of sp³-hybridized carbons (Fsp3) is 0.471. The van der Waals surface area contributed by atoms with Crippen LogP contribution in [0.25, 0.3) is 10.9 Å². The number of aliphatic hydroxyl groups is 1. The van der Waals surface area contributed by atoms with Gasteiger partial charge in [-0.25, -0.2) is 4.98 Å². The first-order valence-electron chi connectivity index (χ1n) is 7.59. The summed E-state index contributed by atoms with van der Waals surface area (Å²) in [5, 5.41) is 10.8. The van der Waals surface area contributed by atoms with Crippen molar-refractivity contribution in [2.75, 3.05) is 11.4 Å². The number of para-hydroxylation sites is 1. The van der Waals surface area contributed by atoms with E-state index < -0.39 is 0 Å². The summed E-state index contributed by atoms with van der Waals surface area (Å²) in [5.74, 6) is 0.984. The molecule has 1 fully saturated rings. The summed E-state index contributed by atoms with van der Waals surface area (Å²) in [6.07, 6.45) is 4.89.